The lowest BCUT2D eigenvalue weighted by molar-refractivity contribution is 0.0850. The standard InChI is InChI=1S/C9H20N2/c1-6-5-11(4)8(3)7(2)9(6)10/h6-9H,5,10H2,1-4H3. The lowest BCUT2D eigenvalue weighted by Gasteiger charge is -2.43. The molecule has 0 spiro atoms. The highest BCUT2D eigenvalue weighted by atomic mass is 15.1. The zero-order chi connectivity index (χ0) is 8.59. The van der Waals surface area contributed by atoms with Crippen LogP contribution in [0, 0.1) is 11.8 Å². The average Bonchev–Trinajstić information content (AvgIpc) is 1.97. The maximum Gasteiger partial charge on any atom is 0.0117 e. The highest BCUT2D eigenvalue weighted by Crippen LogP contribution is 2.24. The van der Waals surface area contributed by atoms with Gasteiger partial charge in [0.25, 0.3) is 0 Å². The van der Waals surface area contributed by atoms with Gasteiger partial charge in [-0.05, 0) is 25.8 Å². The summed E-state index contributed by atoms with van der Waals surface area (Å²) in [6.07, 6.45) is 0. The predicted molar refractivity (Wildman–Crippen MR) is 48.4 cm³/mol. The largest absolute Gasteiger partial charge is 0.327 e. The lowest BCUT2D eigenvalue weighted by atomic mass is 9.82. The fourth-order valence-corrected chi connectivity index (χ4v) is 1.98. The van der Waals surface area contributed by atoms with Gasteiger partial charge in [-0.2, -0.15) is 0 Å². The van der Waals surface area contributed by atoms with Crippen LogP contribution in [0.1, 0.15) is 20.8 Å². The van der Waals surface area contributed by atoms with E-state index in [4.69, 9.17) is 5.73 Å². The Bertz CT molecular complexity index is 122. The first-order chi connectivity index (χ1) is 5.04. The van der Waals surface area contributed by atoms with Gasteiger partial charge in [-0.1, -0.05) is 13.8 Å². The van der Waals surface area contributed by atoms with E-state index in [9.17, 15) is 0 Å². The Morgan fingerprint density at radius 1 is 1.27 bits per heavy atom. The van der Waals surface area contributed by atoms with Gasteiger partial charge >= 0.3 is 0 Å². The predicted octanol–water partition coefficient (Wildman–Crippen LogP) is 0.920. The van der Waals surface area contributed by atoms with Crippen LogP contribution in [0.2, 0.25) is 0 Å². The number of likely N-dealkylation sites (tertiary alicyclic amines) is 1. The third kappa shape index (κ3) is 1.57. The molecule has 2 nitrogen and oxygen atoms in total. The minimum atomic E-state index is 0.390. The first-order valence-corrected chi connectivity index (χ1v) is 4.50. The number of hydrogen-bond donors (Lipinski definition) is 1. The van der Waals surface area contributed by atoms with E-state index >= 15 is 0 Å². The summed E-state index contributed by atoms with van der Waals surface area (Å²) in [6, 6.07) is 1.03. The van der Waals surface area contributed by atoms with Gasteiger partial charge in [-0.3, -0.25) is 0 Å². The van der Waals surface area contributed by atoms with E-state index in [2.05, 4.69) is 32.7 Å². The average molecular weight is 156 g/mol. The van der Waals surface area contributed by atoms with Gasteiger partial charge < -0.3 is 10.6 Å². The molecule has 0 amide bonds. The molecule has 0 aromatic rings. The van der Waals surface area contributed by atoms with Crippen LogP contribution in [0.5, 0.6) is 0 Å². The van der Waals surface area contributed by atoms with Crippen molar-refractivity contribution in [2.75, 3.05) is 13.6 Å². The van der Waals surface area contributed by atoms with Crippen molar-refractivity contribution >= 4 is 0 Å². The minimum absolute atomic E-state index is 0.390. The fraction of sp³-hybridized carbons (Fsp3) is 1.00. The Morgan fingerprint density at radius 2 is 1.82 bits per heavy atom. The van der Waals surface area contributed by atoms with Crippen LogP contribution in [-0.2, 0) is 0 Å². The van der Waals surface area contributed by atoms with Crippen LogP contribution in [-0.4, -0.2) is 30.6 Å². The second-order valence-corrected chi connectivity index (χ2v) is 4.09. The molecule has 0 bridgehead atoms. The van der Waals surface area contributed by atoms with E-state index in [0.717, 1.165) is 6.54 Å². The summed E-state index contributed by atoms with van der Waals surface area (Å²) in [4.78, 5) is 2.40. The SMILES string of the molecule is CC1CN(C)C(C)C(C)C1N. The molecule has 1 saturated heterocycles. The molecule has 1 fully saturated rings. The van der Waals surface area contributed by atoms with Crippen molar-refractivity contribution < 1.29 is 0 Å². The molecule has 66 valence electrons. The molecule has 4 atom stereocenters. The molecule has 1 aliphatic rings. The van der Waals surface area contributed by atoms with E-state index in [1.807, 2.05) is 0 Å². The summed E-state index contributed by atoms with van der Waals surface area (Å²) in [5.74, 6) is 1.27. The van der Waals surface area contributed by atoms with Crippen LogP contribution in [0.3, 0.4) is 0 Å². The van der Waals surface area contributed by atoms with E-state index < -0.39 is 0 Å². The summed E-state index contributed by atoms with van der Waals surface area (Å²) < 4.78 is 0. The third-order valence-corrected chi connectivity index (χ3v) is 3.30. The zero-order valence-corrected chi connectivity index (χ0v) is 8.04. The second kappa shape index (κ2) is 3.11. The molecule has 4 unspecified atom stereocenters. The normalized spacial score (nSPS) is 47.7. The summed E-state index contributed by atoms with van der Waals surface area (Å²) in [5.41, 5.74) is 6.05. The van der Waals surface area contributed by atoms with Crippen LogP contribution < -0.4 is 5.73 Å². The molecule has 0 radical (unpaired) electrons. The Balaban J connectivity index is 2.63. The van der Waals surface area contributed by atoms with Gasteiger partial charge in [0.15, 0.2) is 0 Å². The molecule has 2 N–H and O–H groups in total. The van der Waals surface area contributed by atoms with Crippen molar-refractivity contribution in [3.63, 3.8) is 0 Å². The third-order valence-electron chi connectivity index (χ3n) is 3.30. The molecule has 2 heteroatoms. The molecule has 0 aromatic heterocycles. The van der Waals surface area contributed by atoms with E-state index in [1.54, 1.807) is 0 Å². The van der Waals surface area contributed by atoms with Gasteiger partial charge in [0.2, 0.25) is 0 Å². The van der Waals surface area contributed by atoms with Gasteiger partial charge in [0, 0.05) is 18.6 Å². The van der Waals surface area contributed by atoms with Crippen molar-refractivity contribution in [2.24, 2.45) is 17.6 Å². The fourth-order valence-electron chi connectivity index (χ4n) is 1.98. The maximum atomic E-state index is 6.05. The Morgan fingerprint density at radius 3 is 2.36 bits per heavy atom. The molecule has 11 heavy (non-hydrogen) atoms. The van der Waals surface area contributed by atoms with Crippen LogP contribution >= 0.6 is 0 Å². The molecular weight excluding hydrogens is 136 g/mol. The molecule has 1 rings (SSSR count). The van der Waals surface area contributed by atoms with E-state index in [-0.39, 0.29) is 0 Å². The van der Waals surface area contributed by atoms with Gasteiger partial charge in [0.1, 0.15) is 0 Å². The highest BCUT2D eigenvalue weighted by molar-refractivity contribution is 4.89. The first-order valence-electron chi connectivity index (χ1n) is 4.50. The number of hydrogen-bond acceptors (Lipinski definition) is 2. The van der Waals surface area contributed by atoms with Crippen molar-refractivity contribution in [1.29, 1.82) is 0 Å². The van der Waals surface area contributed by atoms with Gasteiger partial charge in [-0.25, -0.2) is 0 Å². The topological polar surface area (TPSA) is 29.3 Å². The maximum absolute atomic E-state index is 6.05. The molecule has 0 saturated carbocycles. The van der Waals surface area contributed by atoms with E-state index in [0.29, 0.717) is 23.9 Å². The van der Waals surface area contributed by atoms with E-state index in [1.165, 1.54) is 0 Å². The van der Waals surface area contributed by atoms with Gasteiger partial charge in [0.05, 0.1) is 0 Å². The quantitative estimate of drug-likeness (QED) is 0.565. The second-order valence-electron chi connectivity index (χ2n) is 4.09. The number of rotatable bonds is 0. The summed E-state index contributed by atoms with van der Waals surface area (Å²) in [5, 5.41) is 0. The molecule has 0 aliphatic carbocycles. The molecule has 0 aromatic carbocycles. The molecule has 1 aliphatic heterocycles. The number of nitrogens with zero attached hydrogens (tertiary/aromatic N) is 1. The summed E-state index contributed by atoms with van der Waals surface area (Å²) >= 11 is 0. The lowest BCUT2D eigenvalue weighted by Crippen LogP contribution is -2.54. The van der Waals surface area contributed by atoms with Gasteiger partial charge in [-0.15, -0.1) is 0 Å². The molecule has 1 heterocycles. The van der Waals surface area contributed by atoms with Crippen molar-refractivity contribution in [1.82, 2.24) is 4.90 Å². The Labute approximate surface area is 69.8 Å². The monoisotopic (exact) mass is 156 g/mol. The zero-order valence-electron chi connectivity index (χ0n) is 8.04. The minimum Gasteiger partial charge on any atom is -0.327 e. The summed E-state index contributed by atoms with van der Waals surface area (Å²) in [6.45, 7) is 7.90. The highest BCUT2D eigenvalue weighted by Gasteiger charge is 2.32. The Hall–Kier alpha value is -0.0800. The van der Waals surface area contributed by atoms with Crippen LogP contribution in [0.15, 0.2) is 0 Å². The Kier molecular flexibility index (Phi) is 2.55. The summed E-state index contributed by atoms with van der Waals surface area (Å²) in [7, 11) is 2.18. The molecular formula is C9H20N2. The number of nitrogens with two attached hydrogens (primary N) is 1. The van der Waals surface area contributed by atoms with Crippen LogP contribution in [0.4, 0.5) is 0 Å². The van der Waals surface area contributed by atoms with Crippen molar-refractivity contribution in [2.45, 2.75) is 32.9 Å². The van der Waals surface area contributed by atoms with Crippen LogP contribution in [0.25, 0.3) is 0 Å². The smallest absolute Gasteiger partial charge is 0.0117 e. The van der Waals surface area contributed by atoms with Crippen molar-refractivity contribution in [3.05, 3.63) is 0 Å². The first kappa shape index (κ1) is 9.01. The van der Waals surface area contributed by atoms with Crippen molar-refractivity contribution in [3.8, 4) is 0 Å². The number of piperidine rings is 1.